The predicted octanol–water partition coefficient (Wildman–Crippen LogP) is 4.38. The molecule has 2 aromatic rings. The maximum atomic E-state index is 6.13. The molecule has 1 aromatic carbocycles. The zero-order valence-electron chi connectivity index (χ0n) is 11.1. The van der Waals surface area contributed by atoms with E-state index in [0.29, 0.717) is 6.04 Å². The van der Waals surface area contributed by atoms with Gasteiger partial charge < -0.3 is 5.32 Å². The Morgan fingerprint density at radius 1 is 1.21 bits per heavy atom. The topological polar surface area (TPSA) is 24.9 Å². The molecule has 4 heteroatoms. The van der Waals surface area contributed by atoms with Gasteiger partial charge in [-0.05, 0) is 23.8 Å². The van der Waals surface area contributed by atoms with Gasteiger partial charge in [-0.15, -0.1) is 0 Å². The summed E-state index contributed by atoms with van der Waals surface area (Å²) in [5.41, 5.74) is 1.19. The van der Waals surface area contributed by atoms with Gasteiger partial charge in [-0.2, -0.15) is 0 Å². The van der Waals surface area contributed by atoms with E-state index in [1.165, 1.54) is 5.56 Å². The van der Waals surface area contributed by atoms with Crippen LogP contribution in [-0.2, 0) is 6.54 Å². The first kappa shape index (κ1) is 14.4. The van der Waals surface area contributed by atoms with Crippen LogP contribution < -0.4 is 5.32 Å². The fourth-order valence-electron chi connectivity index (χ4n) is 1.54. The molecule has 0 fully saturated rings. The molecule has 0 amide bonds. The molecule has 2 rings (SSSR count). The number of rotatable bonds is 5. The molecule has 0 bridgehead atoms. The lowest BCUT2D eigenvalue weighted by molar-refractivity contribution is 0.587. The Labute approximate surface area is 123 Å². The van der Waals surface area contributed by atoms with E-state index in [9.17, 15) is 0 Å². The average Bonchev–Trinajstić information content (AvgIpc) is 2.40. The van der Waals surface area contributed by atoms with Crippen LogP contribution in [0.15, 0.2) is 52.5 Å². The van der Waals surface area contributed by atoms with Crippen molar-refractivity contribution in [3.05, 3.63) is 53.2 Å². The normalized spacial score (nSPS) is 10.9. The summed E-state index contributed by atoms with van der Waals surface area (Å²) < 4.78 is 0. The molecular formula is C15H17ClN2S. The molecule has 1 heterocycles. The largest absolute Gasteiger partial charge is 0.310 e. The van der Waals surface area contributed by atoms with E-state index in [0.717, 1.165) is 21.5 Å². The fraction of sp³-hybridized carbons (Fsp3) is 0.267. The summed E-state index contributed by atoms with van der Waals surface area (Å²) in [6, 6.07) is 12.4. The maximum absolute atomic E-state index is 6.13. The molecule has 0 aliphatic carbocycles. The van der Waals surface area contributed by atoms with E-state index >= 15 is 0 Å². The van der Waals surface area contributed by atoms with Crippen molar-refractivity contribution in [1.29, 1.82) is 0 Å². The van der Waals surface area contributed by atoms with E-state index in [2.05, 4.69) is 30.2 Å². The third kappa shape index (κ3) is 4.53. The van der Waals surface area contributed by atoms with Crippen molar-refractivity contribution < 1.29 is 0 Å². The number of benzene rings is 1. The Balaban J connectivity index is 2.01. The third-order valence-electron chi connectivity index (χ3n) is 2.56. The molecule has 0 saturated carbocycles. The second-order valence-electron chi connectivity index (χ2n) is 4.57. The summed E-state index contributed by atoms with van der Waals surface area (Å²) >= 11 is 7.72. The van der Waals surface area contributed by atoms with Crippen molar-refractivity contribution in [3.8, 4) is 0 Å². The zero-order valence-corrected chi connectivity index (χ0v) is 12.6. The Morgan fingerprint density at radius 3 is 2.63 bits per heavy atom. The minimum atomic E-state index is 0.483. The molecule has 1 aromatic heterocycles. The van der Waals surface area contributed by atoms with Crippen LogP contribution in [0.2, 0.25) is 5.02 Å². The van der Waals surface area contributed by atoms with Gasteiger partial charge in [-0.1, -0.05) is 55.4 Å². The van der Waals surface area contributed by atoms with Gasteiger partial charge >= 0.3 is 0 Å². The lowest BCUT2D eigenvalue weighted by Gasteiger charge is -2.08. The number of aromatic nitrogens is 1. The standard InChI is InChI=1S/C15H17ClN2S/c1-11(2)17-9-12-7-8-15(18-10-12)19-14-6-4-3-5-13(14)16/h3-8,10-11,17H,9H2,1-2H3. The summed E-state index contributed by atoms with van der Waals surface area (Å²) in [6.45, 7) is 5.12. The van der Waals surface area contributed by atoms with Crippen molar-refractivity contribution in [2.24, 2.45) is 0 Å². The van der Waals surface area contributed by atoms with Crippen LogP contribution in [-0.4, -0.2) is 11.0 Å². The van der Waals surface area contributed by atoms with Crippen molar-refractivity contribution in [1.82, 2.24) is 10.3 Å². The van der Waals surface area contributed by atoms with Gasteiger partial charge in [0.2, 0.25) is 0 Å². The molecule has 2 nitrogen and oxygen atoms in total. The van der Waals surface area contributed by atoms with Crippen LogP contribution >= 0.6 is 23.4 Å². The zero-order chi connectivity index (χ0) is 13.7. The van der Waals surface area contributed by atoms with Crippen LogP contribution in [0.5, 0.6) is 0 Å². The summed E-state index contributed by atoms with van der Waals surface area (Å²) in [7, 11) is 0. The molecular weight excluding hydrogens is 276 g/mol. The number of nitrogens with one attached hydrogen (secondary N) is 1. The highest BCUT2D eigenvalue weighted by Crippen LogP contribution is 2.31. The van der Waals surface area contributed by atoms with Crippen molar-refractivity contribution in [3.63, 3.8) is 0 Å². The molecule has 0 saturated heterocycles. The van der Waals surface area contributed by atoms with Gasteiger partial charge in [0.15, 0.2) is 0 Å². The molecule has 0 aliphatic heterocycles. The molecule has 100 valence electrons. The van der Waals surface area contributed by atoms with Gasteiger partial charge in [0.05, 0.1) is 5.02 Å². The Morgan fingerprint density at radius 2 is 2.00 bits per heavy atom. The van der Waals surface area contributed by atoms with E-state index in [1.54, 1.807) is 11.8 Å². The van der Waals surface area contributed by atoms with Crippen LogP contribution in [0.3, 0.4) is 0 Å². The van der Waals surface area contributed by atoms with E-state index in [1.807, 2.05) is 36.5 Å². The van der Waals surface area contributed by atoms with Gasteiger partial charge in [0, 0.05) is 23.7 Å². The molecule has 0 radical (unpaired) electrons. The first-order valence-corrected chi connectivity index (χ1v) is 7.45. The van der Waals surface area contributed by atoms with E-state index in [-0.39, 0.29) is 0 Å². The number of nitrogens with zero attached hydrogens (tertiary/aromatic N) is 1. The Hall–Kier alpha value is -1.03. The summed E-state index contributed by atoms with van der Waals surface area (Å²) in [4.78, 5) is 5.49. The van der Waals surface area contributed by atoms with Gasteiger partial charge in [0.25, 0.3) is 0 Å². The highest BCUT2D eigenvalue weighted by atomic mass is 35.5. The van der Waals surface area contributed by atoms with Gasteiger partial charge in [0.1, 0.15) is 5.03 Å². The third-order valence-corrected chi connectivity index (χ3v) is 4.03. The monoisotopic (exact) mass is 292 g/mol. The number of pyridine rings is 1. The molecule has 19 heavy (non-hydrogen) atoms. The highest BCUT2D eigenvalue weighted by molar-refractivity contribution is 7.99. The summed E-state index contributed by atoms with van der Waals surface area (Å²) in [5.74, 6) is 0. The Bertz CT molecular complexity index is 526. The fourth-order valence-corrected chi connectivity index (χ4v) is 2.57. The minimum Gasteiger partial charge on any atom is -0.310 e. The molecule has 0 spiro atoms. The first-order valence-electron chi connectivity index (χ1n) is 6.26. The predicted molar refractivity (Wildman–Crippen MR) is 81.8 cm³/mol. The quantitative estimate of drug-likeness (QED) is 0.885. The average molecular weight is 293 g/mol. The second-order valence-corrected chi connectivity index (χ2v) is 6.04. The highest BCUT2D eigenvalue weighted by Gasteiger charge is 2.03. The molecule has 1 N–H and O–H groups in total. The lowest BCUT2D eigenvalue weighted by atomic mass is 10.2. The molecule has 0 aliphatic rings. The second kappa shape index (κ2) is 6.94. The van der Waals surface area contributed by atoms with Gasteiger partial charge in [-0.3, -0.25) is 0 Å². The minimum absolute atomic E-state index is 0.483. The van der Waals surface area contributed by atoms with Crippen molar-refractivity contribution in [2.45, 2.75) is 36.4 Å². The number of hydrogen-bond donors (Lipinski definition) is 1. The Kier molecular flexibility index (Phi) is 5.25. The summed E-state index contributed by atoms with van der Waals surface area (Å²) in [5, 5.41) is 5.10. The smallest absolute Gasteiger partial charge is 0.101 e. The lowest BCUT2D eigenvalue weighted by Crippen LogP contribution is -2.21. The molecule has 0 unspecified atom stereocenters. The maximum Gasteiger partial charge on any atom is 0.101 e. The first-order chi connectivity index (χ1) is 9.15. The number of hydrogen-bond acceptors (Lipinski definition) is 3. The SMILES string of the molecule is CC(C)NCc1ccc(Sc2ccccc2Cl)nc1. The van der Waals surface area contributed by atoms with Crippen LogP contribution in [0.25, 0.3) is 0 Å². The van der Waals surface area contributed by atoms with Crippen molar-refractivity contribution in [2.75, 3.05) is 0 Å². The van der Waals surface area contributed by atoms with Gasteiger partial charge in [-0.25, -0.2) is 4.98 Å². The van der Waals surface area contributed by atoms with Crippen LogP contribution in [0.1, 0.15) is 19.4 Å². The van der Waals surface area contributed by atoms with E-state index in [4.69, 9.17) is 11.6 Å². The number of halogens is 1. The molecule has 0 atom stereocenters. The summed E-state index contributed by atoms with van der Waals surface area (Å²) in [6.07, 6.45) is 1.91. The van der Waals surface area contributed by atoms with Crippen LogP contribution in [0, 0.1) is 0 Å². The van der Waals surface area contributed by atoms with E-state index < -0.39 is 0 Å². The van der Waals surface area contributed by atoms with Crippen molar-refractivity contribution >= 4 is 23.4 Å². The van der Waals surface area contributed by atoms with Crippen LogP contribution in [0.4, 0.5) is 0 Å².